The fourth-order valence-electron chi connectivity index (χ4n) is 2.15. The molecule has 0 aliphatic heterocycles. The molecule has 0 amide bonds. The molecule has 0 aliphatic rings. The van der Waals surface area contributed by atoms with Gasteiger partial charge in [-0.1, -0.05) is 61.5 Å². The number of aliphatic carboxylic acids is 1. The van der Waals surface area contributed by atoms with Crippen molar-refractivity contribution in [2.24, 2.45) is 0 Å². The van der Waals surface area contributed by atoms with Crippen molar-refractivity contribution in [2.75, 3.05) is 0 Å². The van der Waals surface area contributed by atoms with Crippen molar-refractivity contribution >= 4 is 5.97 Å². The number of carboxylic acid groups (broad SMARTS) is 1. The molecule has 2 atom stereocenters. The summed E-state index contributed by atoms with van der Waals surface area (Å²) >= 11 is 0. The third-order valence-corrected chi connectivity index (χ3v) is 3.61. The molecular formula is C17H18O2. The maximum atomic E-state index is 10.9. The van der Waals surface area contributed by atoms with Crippen LogP contribution in [0.25, 0.3) is 0 Å². The van der Waals surface area contributed by atoms with Crippen molar-refractivity contribution in [3.63, 3.8) is 0 Å². The Morgan fingerprint density at radius 1 is 0.842 bits per heavy atom. The molecule has 2 unspecified atom stereocenters. The summed E-state index contributed by atoms with van der Waals surface area (Å²) in [6.07, 6.45) is 0. The molecule has 0 saturated carbocycles. The lowest BCUT2D eigenvalue weighted by Crippen LogP contribution is -2.07. The molecule has 2 rings (SSSR count). The molecule has 19 heavy (non-hydrogen) atoms. The lowest BCUT2D eigenvalue weighted by molar-refractivity contribution is -0.138. The number of hydrogen-bond donors (Lipinski definition) is 1. The van der Waals surface area contributed by atoms with Gasteiger partial charge in [0.05, 0.1) is 5.92 Å². The molecule has 2 aromatic rings. The van der Waals surface area contributed by atoms with Crippen molar-refractivity contribution in [3.8, 4) is 0 Å². The van der Waals surface area contributed by atoms with Gasteiger partial charge in [-0.2, -0.15) is 0 Å². The van der Waals surface area contributed by atoms with E-state index in [-0.39, 0.29) is 0 Å². The van der Waals surface area contributed by atoms with E-state index >= 15 is 0 Å². The number of carbonyl (C=O) groups is 1. The van der Waals surface area contributed by atoms with Crippen LogP contribution >= 0.6 is 0 Å². The Morgan fingerprint density at radius 3 is 1.84 bits per heavy atom. The first-order valence-electron chi connectivity index (χ1n) is 6.47. The molecule has 0 aliphatic carbocycles. The Morgan fingerprint density at radius 2 is 1.32 bits per heavy atom. The van der Waals surface area contributed by atoms with Crippen LogP contribution < -0.4 is 0 Å². The van der Waals surface area contributed by atoms with Gasteiger partial charge in [0.2, 0.25) is 0 Å². The molecule has 0 fully saturated rings. The second-order valence-electron chi connectivity index (χ2n) is 4.86. The summed E-state index contributed by atoms with van der Waals surface area (Å²) in [5, 5.41) is 8.99. The smallest absolute Gasteiger partial charge is 0.310 e. The summed E-state index contributed by atoms with van der Waals surface area (Å²) in [5.41, 5.74) is 3.31. The number of benzene rings is 2. The molecule has 2 heteroatoms. The predicted molar refractivity (Wildman–Crippen MR) is 76.5 cm³/mol. The molecule has 1 N–H and O–H groups in total. The average molecular weight is 254 g/mol. The highest BCUT2D eigenvalue weighted by Crippen LogP contribution is 2.25. The van der Waals surface area contributed by atoms with Gasteiger partial charge in [-0.15, -0.1) is 0 Å². The largest absolute Gasteiger partial charge is 0.481 e. The Bertz CT molecular complexity index is 543. The minimum Gasteiger partial charge on any atom is -0.481 e. The van der Waals surface area contributed by atoms with E-state index in [1.807, 2.05) is 42.5 Å². The van der Waals surface area contributed by atoms with Crippen LogP contribution in [0, 0.1) is 0 Å². The van der Waals surface area contributed by atoms with E-state index in [9.17, 15) is 4.79 Å². The molecule has 2 aromatic carbocycles. The molecule has 0 bridgehead atoms. The average Bonchev–Trinajstić information content (AvgIpc) is 2.46. The molecular weight excluding hydrogens is 236 g/mol. The first-order valence-corrected chi connectivity index (χ1v) is 6.47. The lowest BCUT2D eigenvalue weighted by atomic mass is 9.91. The second kappa shape index (κ2) is 5.70. The van der Waals surface area contributed by atoms with Crippen LogP contribution in [0.2, 0.25) is 0 Å². The first kappa shape index (κ1) is 13.3. The van der Waals surface area contributed by atoms with Gasteiger partial charge in [0.1, 0.15) is 0 Å². The van der Waals surface area contributed by atoms with Crippen LogP contribution in [0.3, 0.4) is 0 Å². The Balaban J connectivity index is 2.21. The molecule has 98 valence electrons. The fourth-order valence-corrected chi connectivity index (χ4v) is 2.15. The van der Waals surface area contributed by atoms with Gasteiger partial charge >= 0.3 is 5.97 Å². The van der Waals surface area contributed by atoms with E-state index in [0.29, 0.717) is 5.92 Å². The summed E-state index contributed by atoms with van der Waals surface area (Å²) in [6.45, 7) is 3.86. The van der Waals surface area contributed by atoms with Crippen LogP contribution in [0.5, 0.6) is 0 Å². The quantitative estimate of drug-likeness (QED) is 0.894. The maximum Gasteiger partial charge on any atom is 0.310 e. The van der Waals surface area contributed by atoms with Crippen molar-refractivity contribution in [3.05, 3.63) is 71.3 Å². The summed E-state index contributed by atoms with van der Waals surface area (Å²) in [4.78, 5) is 10.9. The highest BCUT2D eigenvalue weighted by molar-refractivity contribution is 5.75. The van der Waals surface area contributed by atoms with Crippen LogP contribution in [0.1, 0.15) is 42.4 Å². The summed E-state index contributed by atoms with van der Waals surface area (Å²) in [6, 6.07) is 18.2. The minimum atomic E-state index is -0.788. The van der Waals surface area contributed by atoms with Gasteiger partial charge in [0.15, 0.2) is 0 Å². The summed E-state index contributed by atoms with van der Waals surface area (Å²) in [5.74, 6) is -0.930. The number of carboxylic acids is 1. The van der Waals surface area contributed by atoms with E-state index in [1.165, 1.54) is 11.1 Å². The van der Waals surface area contributed by atoms with E-state index < -0.39 is 11.9 Å². The third-order valence-electron chi connectivity index (χ3n) is 3.61. The third kappa shape index (κ3) is 3.02. The monoisotopic (exact) mass is 254 g/mol. The van der Waals surface area contributed by atoms with Gasteiger partial charge in [-0.3, -0.25) is 4.79 Å². The molecule has 0 radical (unpaired) electrons. The van der Waals surface area contributed by atoms with Gasteiger partial charge in [0.25, 0.3) is 0 Å². The maximum absolute atomic E-state index is 10.9. The molecule has 0 spiro atoms. The lowest BCUT2D eigenvalue weighted by Gasteiger charge is -2.14. The molecule has 0 aromatic heterocycles. The van der Waals surface area contributed by atoms with E-state index in [1.54, 1.807) is 6.92 Å². The van der Waals surface area contributed by atoms with Crippen molar-refractivity contribution < 1.29 is 9.90 Å². The molecule has 0 saturated heterocycles. The van der Waals surface area contributed by atoms with Gasteiger partial charge < -0.3 is 5.11 Å². The zero-order valence-electron chi connectivity index (χ0n) is 11.2. The van der Waals surface area contributed by atoms with Crippen LogP contribution in [-0.2, 0) is 4.79 Å². The SMILES string of the molecule is CC(C(=O)O)c1ccc(C(C)c2ccccc2)cc1. The number of hydrogen-bond acceptors (Lipinski definition) is 1. The Labute approximate surface area is 113 Å². The van der Waals surface area contributed by atoms with Crippen molar-refractivity contribution in [1.29, 1.82) is 0 Å². The van der Waals surface area contributed by atoms with E-state index in [0.717, 1.165) is 5.56 Å². The van der Waals surface area contributed by atoms with Crippen molar-refractivity contribution in [1.82, 2.24) is 0 Å². The summed E-state index contributed by atoms with van der Waals surface area (Å²) < 4.78 is 0. The predicted octanol–water partition coefficient (Wildman–Crippen LogP) is 4.03. The topological polar surface area (TPSA) is 37.3 Å². The summed E-state index contributed by atoms with van der Waals surface area (Å²) in [7, 11) is 0. The van der Waals surface area contributed by atoms with Crippen LogP contribution in [0.15, 0.2) is 54.6 Å². The number of rotatable bonds is 4. The van der Waals surface area contributed by atoms with Gasteiger partial charge in [-0.05, 0) is 23.6 Å². The Hall–Kier alpha value is -2.09. The zero-order chi connectivity index (χ0) is 13.8. The normalized spacial score (nSPS) is 13.8. The second-order valence-corrected chi connectivity index (χ2v) is 4.86. The molecule has 2 nitrogen and oxygen atoms in total. The van der Waals surface area contributed by atoms with Gasteiger partial charge in [0, 0.05) is 5.92 Å². The van der Waals surface area contributed by atoms with Crippen LogP contribution in [-0.4, -0.2) is 11.1 Å². The van der Waals surface area contributed by atoms with E-state index in [2.05, 4.69) is 19.1 Å². The first-order chi connectivity index (χ1) is 9.09. The zero-order valence-corrected chi connectivity index (χ0v) is 11.2. The fraction of sp³-hybridized carbons (Fsp3) is 0.235. The highest BCUT2D eigenvalue weighted by atomic mass is 16.4. The highest BCUT2D eigenvalue weighted by Gasteiger charge is 2.14. The van der Waals surface area contributed by atoms with E-state index in [4.69, 9.17) is 5.11 Å². The van der Waals surface area contributed by atoms with Crippen LogP contribution in [0.4, 0.5) is 0 Å². The minimum absolute atomic E-state index is 0.315. The van der Waals surface area contributed by atoms with Crippen molar-refractivity contribution in [2.45, 2.75) is 25.7 Å². The Kier molecular flexibility index (Phi) is 4.00. The molecule has 0 heterocycles. The standard InChI is InChI=1S/C17H18O2/c1-12(14-6-4-3-5-7-14)15-8-10-16(11-9-15)13(2)17(18)19/h3-13H,1-2H3,(H,18,19). The van der Waals surface area contributed by atoms with Gasteiger partial charge in [-0.25, -0.2) is 0 Å².